The zero-order chi connectivity index (χ0) is 11.4. The molecule has 2 aromatic rings. The van der Waals surface area contributed by atoms with Crippen LogP contribution in [0.5, 0.6) is 0 Å². The zero-order valence-electron chi connectivity index (χ0n) is 8.53. The number of amides is 1. The first-order chi connectivity index (χ1) is 7.75. The largest absolute Gasteiger partial charge is 0.367 e. The third kappa shape index (κ3) is 2.64. The van der Waals surface area contributed by atoms with Crippen LogP contribution in [0.2, 0.25) is 5.02 Å². The molecule has 1 amide bonds. The van der Waals surface area contributed by atoms with Crippen molar-refractivity contribution in [1.82, 2.24) is 10.3 Å². The van der Waals surface area contributed by atoms with Gasteiger partial charge in [0.15, 0.2) is 0 Å². The number of rotatable bonds is 3. The fraction of sp³-hybridized carbons (Fsp3) is 0.0833. The predicted molar refractivity (Wildman–Crippen MR) is 63.4 cm³/mol. The molecular formula is C12H11ClN2O. The topological polar surface area (TPSA) is 44.9 Å². The normalized spacial score (nSPS) is 10.1. The molecule has 0 saturated carbocycles. The second kappa shape index (κ2) is 4.86. The van der Waals surface area contributed by atoms with Gasteiger partial charge in [-0.05, 0) is 35.9 Å². The van der Waals surface area contributed by atoms with Crippen LogP contribution in [-0.2, 0) is 6.54 Å². The van der Waals surface area contributed by atoms with Gasteiger partial charge in [-0.1, -0.05) is 11.6 Å². The van der Waals surface area contributed by atoms with Crippen LogP contribution in [0.4, 0.5) is 0 Å². The number of aromatic nitrogens is 1. The highest BCUT2D eigenvalue weighted by atomic mass is 35.5. The summed E-state index contributed by atoms with van der Waals surface area (Å²) in [5.41, 5.74) is 1.65. The maximum Gasteiger partial charge on any atom is 0.251 e. The highest BCUT2D eigenvalue weighted by Gasteiger charge is 2.04. The fourth-order valence-electron chi connectivity index (χ4n) is 1.35. The molecule has 0 fully saturated rings. The number of benzene rings is 1. The Morgan fingerprint density at radius 2 is 2.00 bits per heavy atom. The molecule has 0 atom stereocenters. The van der Waals surface area contributed by atoms with E-state index in [-0.39, 0.29) is 5.91 Å². The van der Waals surface area contributed by atoms with Crippen LogP contribution in [0.15, 0.2) is 42.7 Å². The van der Waals surface area contributed by atoms with Crippen LogP contribution in [0, 0.1) is 0 Å². The SMILES string of the molecule is O=C(NCc1cc[nH]c1)c1ccc(Cl)cc1. The van der Waals surface area contributed by atoms with Crippen LogP contribution in [0.3, 0.4) is 0 Å². The summed E-state index contributed by atoms with van der Waals surface area (Å²) in [5, 5.41) is 3.45. The first-order valence-electron chi connectivity index (χ1n) is 4.91. The lowest BCUT2D eigenvalue weighted by Gasteiger charge is -2.03. The zero-order valence-corrected chi connectivity index (χ0v) is 9.29. The van der Waals surface area contributed by atoms with Crippen molar-refractivity contribution in [2.45, 2.75) is 6.54 Å². The number of carbonyl (C=O) groups excluding carboxylic acids is 1. The van der Waals surface area contributed by atoms with Crippen LogP contribution in [-0.4, -0.2) is 10.9 Å². The van der Waals surface area contributed by atoms with Crippen molar-refractivity contribution in [3.05, 3.63) is 58.9 Å². The Hall–Kier alpha value is -1.74. The van der Waals surface area contributed by atoms with Crippen molar-refractivity contribution < 1.29 is 4.79 Å². The third-order valence-electron chi connectivity index (χ3n) is 2.22. The Morgan fingerprint density at radius 1 is 1.25 bits per heavy atom. The van der Waals surface area contributed by atoms with Gasteiger partial charge in [-0.15, -0.1) is 0 Å². The summed E-state index contributed by atoms with van der Waals surface area (Å²) in [5.74, 6) is -0.0992. The van der Waals surface area contributed by atoms with Crippen molar-refractivity contribution >= 4 is 17.5 Å². The highest BCUT2D eigenvalue weighted by Crippen LogP contribution is 2.09. The van der Waals surface area contributed by atoms with E-state index in [0.717, 1.165) is 5.56 Å². The van der Waals surface area contributed by atoms with Gasteiger partial charge in [-0.3, -0.25) is 4.79 Å². The van der Waals surface area contributed by atoms with Crippen LogP contribution in [0.25, 0.3) is 0 Å². The summed E-state index contributed by atoms with van der Waals surface area (Å²) in [6.07, 6.45) is 3.67. The van der Waals surface area contributed by atoms with E-state index in [9.17, 15) is 4.79 Å². The molecule has 3 nitrogen and oxygen atoms in total. The van der Waals surface area contributed by atoms with Crippen LogP contribution >= 0.6 is 11.6 Å². The van der Waals surface area contributed by atoms with Crippen LogP contribution in [0.1, 0.15) is 15.9 Å². The van der Waals surface area contributed by atoms with E-state index in [1.54, 1.807) is 24.3 Å². The van der Waals surface area contributed by atoms with Gasteiger partial charge in [-0.2, -0.15) is 0 Å². The van der Waals surface area contributed by atoms with Gasteiger partial charge in [-0.25, -0.2) is 0 Å². The molecule has 1 aromatic heterocycles. The second-order valence-electron chi connectivity index (χ2n) is 3.41. The Bertz CT molecular complexity index is 462. The Labute approximate surface area is 98.4 Å². The van der Waals surface area contributed by atoms with Crippen molar-refractivity contribution in [1.29, 1.82) is 0 Å². The van der Waals surface area contributed by atoms with Gasteiger partial charge in [0.05, 0.1) is 0 Å². The van der Waals surface area contributed by atoms with E-state index in [4.69, 9.17) is 11.6 Å². The molecule has 0 spiro atoms. The molecule has 0 aliphatic rings. The summed E-state index contributed by atoms with van der Waals surface area (Å²) in [6.45, 7) is 0.519. The Kier molecular flexibility index (Phi) is 3.27. The first kappa shape index (κ1) is 10.8. The third-order valence-corrected chi connectivity index (χ3v) is 2.47. The molecule has 4 heteroatoms. The molecule has 0 aliphatic carbocycles. The van der Waals surface area contributed by atoms with Crippen molar-refractivity contribution in [2.75, 3.05) is 0 Å². The van der Waals surface area contributed by atoms with E-state index in [1.807, 2.05) is 18.5 Å². The van der Waals surface area contributed by atoms with E-state index in [2.05, 4.69) is 10.3 Å². The molecule has 1 heterocycles. The van der Waals surface area contributed by atoms with E-state index < -0.39 is 0 Å². The molecule has 2 rings (SSSR count). The molecule has 0 unspecified atom stereocenters. The quantitative estimate of drug-likeness (QED) is 0.843. The lowest BCUT2D eigenvalue weighted by Crippen LogP contribution is -2.22. The maximum absolute atomic E-state index is 11.7. The molecule has 2 N–H and O–H groups in total. The van der Waals surface area contributed by atoms with E-state index >= 15 is 0 Å². The van der Waals surface area contributed by atoms with Gasteiger partial charge in [0.1, 0.15) is 0 Å². The van der Waals surface area contributed by atoms with Gasteiger partial charge in [0.2, 0.25) is 0 Å². The standard InChI is InChI=1S/C12H11ClN2O/c13-11-3-1-10(2-4-11)12(16)15-8-9-5-6-14-7-9/h1-7,14H,8H2,(H,15,16). The lowest BCUT2D eigenvalue weighted by molar-refractivity contribution is 0.0951. The van der Waals surface area contributed by atoms with Gasteiger partial charge in [0.25, 0.3) is 5.91 Å². The fourth-order valence-corrected chi connectivity index (χ4v) is 1.48. The molecule has 0 saturated heterocycles. The Morgan fingerprint density at radius 3 is 2.62 bits per heavy atom. The molecule has 0 aliphatic heterocycles. The molecular weight excluding hydrogens is 224 g/mol. The molecule has 1 aromatic carbocycles. The molecule has 82 valence electrons. The molecule has 0 bridgehead atoms. The Balaban J connectivity index is 1.95. The number of halogens is 1. The summed E-state index contributed by atoms with van der Waals surface area (Å²) in [6, 6.07) is 8.73. The number of hydrogen-bond acceptors (Lipinski definition) is 1. The highest BCUT2D eigenvalue weighted by molar-refractivity contribution is 6.30. The smallest absolute Gasteiger partial charge is 0.251 e. The predicted octanol–water partition coefficient (Wildman–Crippen LogP) is 2.60. The van der Waals surface area contributed by atoms with Gasteiger partial charge in [0, 0.05) is 29.5 Å². The summed E-state index contributed by atoms with van der Waals surface area (Å²) in [4.78, 5) is 14.6. The number of hydrogen-bond donors (Lipinski definition) is 2. The number of aromatic amines is 1. The second-order valence-corrected chi connectivity index (χ2v) is 3.85. The minimum atomic E-state index is -0.0992. The summed E-state index contributed by atoms with van der Waals surface area (Å²) >= 11 is 5.74. The summed E-state index contributed by atoms with van der Waals surface area (Å²) in [7, 11) is 0. The average molecular weight is 235 g/mol. The minimum Gasteiger partial charge on any atom is -0.367 e. The maximum atomic E-state index is 11.7. The average Bonchev–Trinajstić information content (AvgIpc) is 2.80. The monoisotopic (exact) mass is 234 g/mol. The van der Waals surface area contributed by atoms with Gasteiger partial charge < -0.3 is 10.3 Å². The minimum absolute atomic E-state index is 0.0992. The molecule has 0 radical (unpaired) electrons. The number of carbonyl (C=O) groups is 1. The number of nitrogens with one attached hydrogen (secondary N) is 2. The lowest BCUT2D eigenvalue weighted by atomic mass is 10.2. The van der Waals surface area contributed by atoms with Crippen molar-refractivity contribution in [3.8, 4) is 0 Å². The van der Waals surface area contributed by atoms with Gasteiger partial charge >= 0.3 is 0 Å². The van der Waals surface area contributed by atoms with Crippen molar-refractivity contribution in [3.63, 3.8) is 0 Å². The number of H-pyrrole nitrogens is 1. The molecule has 16 heavy (non-hydrogen) atoms. The van der Waals surface area contributed by atoms with E-state index in [0.29, 0.717) is 17.1 Å². The van der Waals surface area contributed by atoms with E-state index in [1.165, 1.54) is 0 Å². The summed E-state index contributed by atoms with van der Waals surface area (Å²) < 4.78 is 0. The van der Waals surface area contributed by atoms with Crippen LogP contribution < -0.4 is 5.32 Å². The van der Waals surface area contributed by atoms with Crippen molar-refractivity contribution in [2.24, 2.45) is 0 Å². The first-order valence-corrected chi connectivity index (χ1v) is 5.29.